The summed E-state index contributed by atoms with van der Waals surface area (Å²) in [5.74, 6) is 0.675. The van der Waals surface area contributed by atoms with E-state index in [1.54, 1.807) is 7.05 Å². The average molecular weight is 458 g/mol. The fraction of sp³-hybridized carbons (Fsp3) is 0.286. The van der Waals surface area contributed by atoms with Gasteiger partial charge >= 0.3 is 0 Å². The van der Waals surface area contributed by atoms with Gasteiger partial charge in [-0.3, -0.25) is 4.79 Å². The number of aromatic nitrogens is 2. The molecule has 0 saturated carbocycles. The molecule has 4 rings (SSSR count). The Balaban J connectivity index is 1.46. The van der Waals surface area contributed by atoms with Crippen LogP contribution >= 0.6 is 22.9 Å². The molecule has 0 bridgehead atoms. The first-order chi connectivity index (χ1) is 15.0. The number of carbonyl (C=O) groups excluding carboxylic acids is 1. The van der Waals surface area contributed by atoms with Crippen molar-refractivity contribution in [1.82, 2.24) is 20.2 Å². The van der Waals surface area contributed by atoms with Gasteiger partial charge in [-0.05, 0) is 42.8 Å². The second kappa shape index (κ2) is 9.51. The fourth-order valence-electron chi connectivity index (χ4n) is 3.29. The number of rotatable bonds is 6. The van der Waals surface area contributed by atoms with Crippen molar-refractivity contribution in [2.45, 2.75) is 0 Å². The van der Waals surface area contributed by atoms with Crippen LogP contribution in [0, 0.1) is 0 Å². The van der Waals surface area contributed by atoms with E-state index in [2.05, 4.69) is 54.9 Å². The lowest BCUT2D eigenvalue weighted by Gasteiger charge is -2.34. The molecule has 31 heavy (non-hydrogen) atoms. The SMILES string of the molecule is CNC(=O)c1sccc1Nc1nc(Nc2ccc(N3CCN(C)CC3)cc2)ncc1Cl. The Kier molecular flexibility index (Phi) is 6.55. The van der Waals surface area contributed by atoms with Crippen LogP contribution in [0.15, 0.2) is 41.9 Å². The van der Waals surface area contributed by atoms with Gasteiger partial charge in [0.2, 0.25) is 5.95 Å². The molecule has 1 amide bonds. The van der Waals surface area contributed by atoms with E-state index >= 15 is 0 Å². The predicted octanol–water partition coefficient (Wildman–Crippen LogP) is 3.79. The number of halogens is 1. The number of nitrogens with zero attached hydrogens (tertiary/aromatic N) is 4. The minimum Gasteiger partial charge on any atom is -0.369 e. The molecule has 162 valence electrons. The highest BCUT2D eigenvalue weighted by Crippen LogP contribution is 2.29. The van der Waals surface area contributed by atoms with Gasteiger partial charge in [0.05, 0.1) is 11.9 Å². The van der Waals surface area contributed by atoms with Gasteiger partial charge in [0.1, 0.15) is 9.90 Å². The molecule has 1 aromatic carbocycles. The molecule has 0 unspecified atom stereocenters. The van der Waals surface area contributed by atoms with Crippen LogP contribution in [0.25, 0.3) is 0 Å². The number of nitrogens with one attached hydrogen (secondary N) is 3. The van der Waals surface area contributed by atoms with E-state index < -0.39 is 0 Å². The van der Waals surface area contributed by atoms with Gasteiger partial charge in [0.15, 0.2) is 5.82 Å². The van der Waals surface area contributed by atoms with Crippen LogP contribution in [0.5, 0.6) is 0 Å². The molecule has 1 aliphatic rings. The second-order valence-corrected chi connectivity index (χ2v) is 8.54. The minimum absolute atomic E-state index is 0.165. The maximum Gasteiger partial charge on any atom is 0.263 e. The number of thiophene rings is 1. The van der Waals surface area contributed by atoms with Gasteiger partial charge in [-0.2, -0.15) is 4.98 Å². The van der Waals surface area contributed by atoms with Crippen LogP contribution in [-0.4, -0.2) is 61.0 Å². The van der Waals surface area contributed by atoms with Crippen LogP contribution in [0.1, 0.15) is 9.67 Å². The Labute approximate surface area is 190 Å². The van der Waals surface area contributed by atoms with Gasteiger partial charge in [0.25, 0.3) is 5.91 Å². The van der Waals surface area contributed by atoms with Crippen molar-refractivity contribution < 1.29 is 4.79 Å². The summed E-state index contributed by atoms with van der Waals surface area (Å²) < 4.78 is 0. The Morgan fingerprint density at radius 2 is 1.84 bits per heavy atom. The highest BCUT2D eigenvalue weighted by molar-refractivity contribution is 7.12. The lowest BCUT2D eigenvalue weighted by atomic mass is 10.2. The van der Waals surface area contributed by atoms with Gasteiger partial charge in [-0.25, -0.2) is 4.98 Å². The lowest BCUT2D eigenvalue weighted by Crippen LogP contribution is -2.44. The molecule has 8 nitrogen and oxygen atoms in total. The summed E-state index contributed by atoms with van der Waals surface area (Å²) in [6, 6.07) is 10.0. The first-order valence-electron chi connectivity index (χ1n) is 9.93. The van der Waals surface area contributed by atoms with Crippen molar-refractivity contribution >= 4 is 57.7 Å². The Morgan fingerprint density at radius 1 is 1.10 bits per heavy atom. The maximum absolute atomic E-state index is 12.0. The van der Waals surface area contributed by atoms with Crippen LogP contribution in [0.4, 0.5) is 28.8 Å². The molecule has 1 aliphatic heterocycles. The van der Waals surface area contributed by atoms with E-state index in [1.165, 1.54) is 23.2 Å². The van der Waals surface area contributed by atoms with Crippen molar-refractivity contribution in [2.24, 2.45) is 0 Å². The van der Waals surface area contributed by atoms with Gasteiger partial charge in [-0.1, -0.05) is 11.6 Å². The summed E-state index contributed by atoms with van der Waals surface area (Å²) in [5.41, 5.74) is 2.73. The van der Waals surface area contributed by atoms with E-state index in [9.17, 15) is 4.79 Å². The standard InChI is InChI=1S/C21H24ClN7OS/c1-23-20(30)18-17(7-12-31-18)26-19-16(22)13-24-21(27-19)25-14-3-5-15(6-4-14)29-10-8-28(2)9-11-29/h3-7,12-13H,8-11H2,1-2H3,(H,23,30)(H2,24,25,26,27). The number of piperazine rings is 1. The molecule has 3 heterocycles. The molecular formula is C21H24ClN7OS. The molecule has 3 aromatic rings. The highest BCUT2D eigenvalue weighted by Gasteiger charge is 2.16. The summed E-state index contributed by atoms with van der Waals surface area (Å²) in [7, 11) is 3.75. The molecule has 0 aliphatic carbocycles. The number of hydrogen-bond acceptors (Lipinski definition) is 8. The first kappa shape index (κ1) is 21.4. The van der Waals surface area contributed by atoms with Gasteiger partial charge in [0, 0.05) is 44.6 Å². The van der Waals surface area contributed by atoms with Crippen LogP contribution < -0.4 is 20.9 Å². The minimum atomic E-state index is -0.165. The average Bonchev–Trinajstić information content (AvgIpc) is 3.25. The zero-order chi connectivity index (χ0) is 21.8. The summed E-state index contributed by atoms with van der Waals surface area (Å²) in [4.78, 5) is 26.0. The molecule has 0 radical (unpaired) electrons. The summed E-state index contributed by atoms with van der Waals surface area (Å²) in [6.45, 7) is 4.19. The number of likely N-dealkylation sites (N-methyl/N-ethyl adjacent to an activating group) is 1. The lowest BCUT2D eigenvalue weighted by molar-refractivity contribution is 0.0968. The van der Waals surface area contributed by atoms with Crippen molar-refractivity contribution in [3.8, 4) is 0 Å². The number of hydrogen-bond donors (Lipinski definition) is 3. The monoisotopic (exact) mass is 457 g/mol. The van der Waals surface area contributed by atoms with Crippen LogP contribution in [0.3, 0.4) is 0 Å². The van der Waals surface area contributed by atoms with E-state index in [1.807, 2.05) is 23.6 Å². The molecule has 2 aromatic heterocycles. The van der Waals surface area contributed by atoms with Gasteiger partial charge < -0.3 is 25.8 Å². The van der Waals surface area contributed by atoms with Crippen molar-refractivity contribution in [3.63, 3.8) is 0 Å². The third-order valence-electron chi connectivity index (χ3n) is 5.09. The molecule has 0 spiro atoms. The summed E-state index contributed by atoms with van der Waals surface area (Å²) >= 11 is 7.62. The van der Waals surface area contributed by atoms with Crippen LogP contribution in [-0.2, 0) is 0 Å². The molecular weight excluding hydrogens is 434 g/mol. The zero-order valence-corrected chi connectivity index (χ0v) is 18.9. The Bertz CT molecular complexity index is 1050. The quantitative estimate of drug-likeness (QED) is 0.519. The molecule has 0 atom stereocenters. The molecule has 10 heteroatoms. The molecule has 3 N–H and O–H groups in total. The number of anilines is 5. The second-order valence-electron chi connectivity index (χ2n) is 7.22. The molecule has 1 saturated heterocycles. The number of carbonyl (C=O) groups is 1. The first-order valence-corrected chi connectivity index (χ1v) is 11.2. The topological polar surface area (TPSA) is 85.4 Å². The smallest absolute Gasteiger partial charge is 0.263 e. The van der Waals surface area contributed by atoms with E-state index in [0.717, 1.165) is 31.9 Å². The third-order valence-corrected chi connectivity index (χ3v) is 6.28. The molecule has 1 fully saturated rings. The van der Waals surface area contributed by atoms with E-state index in [-0.39, 0.29) is 5.91 Å². The normalized spacial score (nSPS) is 14.4. The van der Waals surface area contributed by atoms with Crippen molar-refractivity contribution in [1.29, 1.82) is 0 Å². The summed E-state index contributed by atoms with van der Waals surface area (Å²) in [6.07, 6.45) is 1.53. The van der Waals surface area contributed by atoms with E-state index in [0.29, 0.717) is 27.4 Å². The predicted molar refractivity (Wildman–Crippen MR) is 127 cm³/mol. The van der Waals surface area contributed by atoms with Crippen molar-refractivity contribution in [3.05, 3.63) is 51.8 Å². The Hall–Kier alpha value is -2.88. The summed E-state index contributed by atoms with van der Waals surface area (Å²) in [5, 5.41) is 11.2. The fourth-order valence-corrected chi connectivity index (χ4v) is 4.22. The zero-order valence-electron chi connectivity index (χ0n) is 17.4. The largest absolute Gasteiger partial charge is 0.369 e. The highest BCUT2D eigenvalue weighted by atomic mass is 35.5. The number of benzene rings is 1. The number of amides is 1. The van der Waals surface area contributed by atoms with E-state index in [4.69, 9.17) is 11.6 Å². The van der Waals surface area contributed by atoms with Gasteiger partial charge in [-0.15, -0.1) is 11.3 Å². The third kappa shape index (κ3) is 5.07. The van der Waals surface area contributed by atoms with Crippen molar-refractivity contribution in [2.75, 3.05) is 55.8 Å². The Morgan fingerprint density at radius 3 is 2.55 bits per heavy atom. The van der Waals surface area contributed by atoms with Crippen LogP contribution in [0.2, 0.25) is 5.02 Å². The maximum atomic E-state index is 12.0.